The minimum absolute atomic E-state index is 0.0503. The van der Waals surface area contributed by atoms with Crippen molar-refractivity contribution in [2.45, 2.75) is 12.3 Å². The highest BCUT2D eigenvalue weighted by Gasteiger charge is 2.14. The van der Waals surface area contributed by atoms with Crippen molar-refractivity contribution in [2.75, 3.05) is 19.8 Å². The highest BCUT2D eigenvalue weighted by atomic mass is 33.1. The van der Waals surface area contributed by atoms with Crippen LogP contribution in [-0.2, 0) is 4.79 Å². The molecule has 0 aromatic carbocycles. The van der Waals surface area contributed by atoms with Crippen LogP contribution in [0.3, 0.4) is 0 Å². The molecule has 5 heteroatoms. The lowest BCUT2D eigenvalue weighted by Crippen LogP contribution is -2.39. The van der Waals surface area contributed by atoms with E-state index in [0.717, 1.165) is 0 Å². The van der Waals surface area contributed by atoms with E-state index in [-0.39, 0.29) is 11.3 Å². The Hall–Kier alpha value is 0.130. The zero-order valence-corrected chi connectivity index (χ0v) is 8.64. The van der Waals surface area contributed by atoms with Crippen LogP contribution in [0.2, 0.25) is 0 Å². The summed E-state index contributed by atoms with van der Waals surface area (Å²) < 4.78 is 0. The van der Waals surface area contributed by atoms with Gasteiger partial charge in [-0.3, -0.25) is 10.1 Å². The third-order valence-electron chi connectivity index (χ3n) is 1.04. The Kier molecular flexibility index (Phi) is 6.90. The van der Waals surface area contributed by atoms with Gasteiger partial charge in [0, 0.05) is 6.54 Å². The van der Waals surface area contributed by atoms with Gasteiger partial charge in [-0.1, -0.05) is 21.6 Å². The molecule has 11 heavy (non-hydrogen) atoms. The van der Waals surface area contributed by atoms with E-state index in [1.54, 1.807) is 17.8 Å². The molecule has 66 valence electrons. The van der Waals surface area contributed by atoms with E-state index >= 15 is 0 Å². The fourth-order valence-corrected chi connectivity index (χ4v) is 2.17. The third kappa shape index (κ3) is 4.55. The Bertz CT molecular complexity index is 121. The topological polar surface area (TPSA) is 41.1 Å². The molecule has 0 aromatic heterocycles. The van der Waals surface area contributed by atoms with Gasteiger partial charge in [0.1, 0.15) is 5.37 Å². The molecular weight excluding hydrogens is 180 g/mol. The maximum absolute atomic E-state index is 11.2. The van der Waals surface area contributed by atoms with E-state index < -0.39 is 0 Å². The Labute approximate surface area is 75.5 Å². The molecule has 1 unspecified atom stereocenters. The van der Waals surface area contributed by atoms with Crippen molar-refractivity contribution in [3.05, 3.63) is 0 Å². The summed E-state index contributed by atoms with van der Waals surface area (Å²) >= 11 is 0. The summed E-state index contributed by atoms with van der Waals surface area (Å²) in [6.45, 7) is 2.60. The first-order valence-electron chi connectivity index (χ1n) is 3.40. The first kappa shape index (κ1) is 11.1. The Morgan fingerprint density at radius 2 is 2.27 bits per heavy atom. The van der Waals surface area contributed by atoms with Gasteiger partial charge < -0.3 is 5.32 Å². The molecule has 0 saturated heterocycles. The van der Waals surface area contributed by atoms with Crippen LogP contribution in [-0.4, -0.2) is 31.1 Å². The third-order valence-corrected chi connectivity index (χ3v) is 3.03. The summed E-state index contributed by atoms with van der Waals surface area (Å²) in [5.41, 5.74) is 0. The van der Waals surface area contributed by atoms with Crippen LogP contribution in [0.5, 0.6) is 0 Å². The van der Waals surface area contributed by atoms with Crippen LogP contribution < -0.4 is 10.6 Å². The number of carbonyl (C=O) groups excluding carboxylic acids is 1. The summed E-state index contributed by atoms with van der Waals surface area (Å²) in [4.78, 5) is 11.2. The summed E-state index contributed by atoms with van der Waals surface area (Å²) in [5.74, 6) is 0.0503. The molecule has 1 amide bonds. The van der Waals surface area contributed by atoms with Gasteiger partial charge >= 0.3 is 0 Å². The zero-order chi connectivity index (χ0) is 8.69. The SMILES string of the molecule is CCNC(=O)C(NC)SSC. The number of carbonyl (C=O) groups is 1. The standard InChI is InChI=1S/C6H14N2OS2/c1-4-8-5(9)6(7-2)11-10-3/h6-7H,4H2,1-3H3,(H,8,9). The molecule has 0 heterocycles. The molecule has 0 aromatic rings. The van der Waals surface area contributed by atoms with E-state index in [9.17, 15) is 4.79 Å². The van der Waals surface area contributed by atoms with Crippen LogP contribution >= 0.6 is 21.6 Å². The maximum Gasteiger partial charge on any atom is 0.248 e. The number of nitrogens with one attached hydrogen (secondary N) is 2. The smallest absolute Gasteiger partial charge is 0.248 e. The van der Waals surface area contributed by atoms with Gasteiger partial charge in [-0.15, -0.1) is 0 Å². The van der Waals surface area contributed by atoms with E-state index in [2.05, 4.69) is 10.6 Å². The summed E-state index contributed by atoms with van der Waals surface area (Å²) in [7, 11) is 4.88. The van der Waals surface area contributed by atoms with Crippen LogP contribution in [0.25, 0.3) is 0 Å². The molecular formula is C6H14N2OS2. The molecule has 0 aliphatic rings. The number of hydrogen-bond acceptors (Lipinski definition) is 4. The normalized spacial score (nSPS) is 12.6. The first-order valence-corrected chi connectivity index (χ1v) is 6.02. The van der Waals surface area contributed by atoms with Crippen molar-refractivity contribution >= 4 is 27.5 Å². The van der Waals surface area contributed by atoms with Crippen molar-refractivity contribution in [1.82, 2.24) is 10.6 Å². The zero-order valence-electron chi connectivity index (χ0n) is 7.01. The molecule has 0 rings (SSSR count). The van der Waals surface area contributed by atoms with Crippen molar-refractivity contribution in [3.63, 3.8) is 0 Å². The molecule has 1 atom stereocenters. The molecule has 0 fully saturated rings. The highest BCUT2D eigenvalue weighted by molar-refractivity contribution is 8.76. The van der Waals surface area contributed by atoms with E-state index in [4.69, 9.17) is 0 Å². The molecule has 0 bridgehead atoms. The maximum atomic E-state index is 11.2. The lowest BCUT2D eigenvalue weighted by molar-refractivity contribution is -0.120. The molecule has 0 spiro atoms. The second kappa shape index (κ2) is 6.82. The van der Waals surface area contributed by atoms with Gasteiger partial charge in [-0.2, -0.15) is 0 Å². The average molecular weight is 194 g/mol. The Morgan fingerprint density at radius 3 is 2.64 bits per heavy atom. The van der Waals surface area contributed by atoms with Crippen molar-refractivity contribution in [1.29, 1.82) is 0 Å². The lowest BCUT2D eigenvalue weighted by atomic mass is 10.5. The molecule has 3 nitrogen and oxygen atoms in total. The molecule has 2 N–H and O–H groups in total. The monoisotopic (exact) mass is 194 g/mol. The van der Waals surface area contributed by atoms with Gasteiger partial charge in [0.2, 0.25) is 5.91 Å². The Morgan fingerprint density at radius 1 is 1.64 bits per heavy atom. The van der Waals surface area contributed by atoms with Gasteiger partial charge in [-0.25, -0.2) is 0 Å². The van der Waals surface area contributed by atoms with Gasteiger partial charge in [0.15, 0.2) is 0 Å². The molecule has 0 saturated carbocycles. The summed E-state index contributed by atoms with van der Waals surface area (Å²) in [6.07, 6.45) is 1.95. The second-order valence-corrected chi connectivity index (χ2v) is 4.40. The van der Waals surface area contributed by atoms with Crippen LogP contribution in [0.15, 0.2) is 0 Å². The predicted octanol–water partition coefficient (Wildman–Crippen LogP) is 0.679. The minimum atomic E-state index is -0.134. The average Bonchev–Trinajstić information content (AvgIpc) is 2.00. The fourth-order valence-electron chi connectivity index (χ4n) is 0.586. The lowest BCUT2D eigenvalue weighted by Gasteiger charge is -2.12. The summed E-state index contributed by atoms with van der Waals surface area (Å²) in [6, 6.07) is 0. The van der Waals surface area contributed by atoms with E-state index in [1.807, 2.05) is 13.2 Å². The Balaban J connectivity index is 3.71. The van der Waals surface area contributed by atoms with Crippen LogP contribution in [0, 0.1) is 0 Å². The van der Waals surface area contributed by atoms with Gasteiger partial charge in [0.05, 0.1) is 0 Å². The van der Waals surface area contributed by atoms with E-state index in [1.165, 1.54) is 10.8 Å². The summed E-state index contributed by atoms with van der Waals surface area (Å²) in [5, 5.41) is 5.53. The predicted molar refractivity (Wildman–Crippen MR) is 52.6 cm³/mol. The largest absolute Gasteiger partial charge is 0.354 e. The number of amides is 1. The quantitative estimate of drug-likeness (QED) is 0.499. The van der Waals surface area contributed by atoms with Gasteiger partial charge in [-0.05, 0) is 20.2 Å². The molecule has 0 aliphatic carbocycles. The fraction of sp³-hybridized carbons (Fsp3) is 0.833. The van der Waals surface area contributed by atoms with Crippen LogP contribution in [0.4, 0.5) is 0 Å². The molecule has 0 radical (unpaired) electrons. The van der Waals surface area contributed by atoms with Crippen molar-refractivity contribution < 1.29 is 4.79 Å². The number of rotatable bonds is 5. The van der Waals surface area contributed by atoms with Crippen molar-refractivity contribution in [3.8, 4) is 0 Å². The van der Waals surface area contributed by atoms with Gasteiger partial charge in [0.25, 0.3) is 0 Å². The first-order chi connectivity index (χ1) is 5.26. The highest BCUT2D eigenvalue weighted by Crippen LogP contribution is 2.21. The molecule has 0 aliphatic heterocycles. The van der Waals surface area contributed by atoms with Crippen molar-refractivity contribution in [2.24, 2.45) is 0 Å². The van der Waals surface area contributed by atoms with Crippen LogP contribution in [0.1, 0.15) is 6.92 Å². The second-order valence-electron chi connectivity index (χ2n) is 1.83. The number of likely N-dealkylation sites (N-methyl/N-ethyl adjacent to an activating group) is 2. The minimum Gasteiger partial charge on any atom is -0.354 e. The van der Waals surface area contributed by atoms with E-state index in [0.29, 0.717) is 6.54 Å². The number of hydrogen-bond donors (Lipinski definition) is 2.